The molecule has 126 valence electrons. The number of hydrogen-bond acceptors (Lipinski definition) is 6. The van der Waals surface area contributed by atoms with E-state index in [4.69, 9.17) is 9.57 Å². The lowest BCUT2D eigenvalue weighted by atomic mass is 9.99. The number of carbonyl (C=O) groups is 1. The Morgan fingerprint density at radius 3 is 2.56 bits per heavy atom. The first-order valence-electron chi connectivity index (χ1n) is 7.40. The summed E-state index contributed by atoms with van der Waals surface area (Å²) in [4.78, 5) is 27.4. The summed E-state index contributed by atoms with van der Waals surface area (Å²) in [7, 11) is 1.57. The van der Waals surface area contributed by atoms with Gasteiger partial charge in [0.25, 0.3) is 5.69 Å². The fourth-order valence-corrected chi connectivity index (χ4v) is 2.44. The van der Waals surface area contributed by atoms with Crippen LogP contribution in [0.5, 0.6) is 5.75 Å². The predicted octanol–water partition coefficient (Wildman–Crippen LogP) is 3.26. The fraction of sp³-hybridized carbons (Fsp3) is 0.111. The minimum atomic E-state index is -0.603. The fourth-order valence-electron chi connectivity index (χ4n) is 2.44. The topological polar surface area (TPSA) is 91.0 Å². The first-order chi connectivity index (χ1) is 12.0. The molecule has 0 N–H and O–H groups in total. The van der Waals surface area contributed by atoms with E-state index in [1.54, 1.807) is 56.5 Å². The molecule has 25 heavy (non-hydrogen) atoms. The van der Waals surface area contributed by atoms with Gasteiger partial charge in [0.1, 0.15) is 11.5 Å². The molecule has 2 aromatic carbocycles. The van der Waals surface area contributed by atoms with Gasteiger partial charge in [-0.1, -0.05) is 29.4 Å². The molecule has 0 fully saturated rings. The Labute approximate surface area is 143 Å². The number of nitrogens with zero attached hydrogens (tertiary/aromatic N) is 2. The van der Waals surface area contributed by atoms with Gasteiger partial charge in [0.05, 0.1) is 17.6 Å². The number of nitro benzene ring substituents is 1. The lowest BCUT2D eigenvalue weighted by Gasteiger charge is -2.04. The molecule has 7 heteroatoms. The van der Waals surface area contributed by atoms with Crippen molar-refractivity contribution in [3.8, 4) is 5.75 Å². The zero-order valence-corrected chi connectivity index (χ0v) is 13.6. The van der Waals surface area contributed by atoms with E-state index in [2.05, 4.69) is 5.16 Å². The molecule has 7 nitrogen and oxygen atoms in total. The van der Waals surface area contributed by atoms with Crippen LogP contribution in [-0.2, 0) is 9.63 Å². The van der Waals surface area contributed by atoms with Crippen molar-refractivity contribution >= 4 is 23.4 Å². The van der Waals surface area contributed by atoms with Crippen molar-refractivity contribution in [2.75, 3.05) is 7.11 Å². The Morgan fingerprint density at radius 2 is 1.92 bits per heavy atom. The first kappa shape index (κ1) is 16.4. The Balaban J connectivity index is 2.01. The smallest absolute Gasteiger partial charge is 0.368 e. The molecule has 0 spiro atoms. The van der Waals surface area contributed by atoms with Crippen LogP contribution < -0.4 is 4.74 Å². The Kier molecular flexibility index (Phi) is 4.30. The van der Waals surface area contributed by atoms with Gasteiger partial charge < -0.3 is 9.57 Å². The number of carbonyl (C=O) groups excluding carboxylic acids is 1. The maximum absolute atomic E-state index is 12.0. The van der Waals surface area contributed by atoms with Crippen molar-refractivity contribution < 1.29 is 19.3 Å². The molecule has 3 rings (SSSR count). The Hall–Kier alpha value is -3.48. The van der Waals surface area contributed by atoms with Crippen LogP contribution in [0, 0.1) is 17.0 Å². The zero-order valence-electron chi connectivity index (χ0n) is 13.6. The minimum Gasteiger partial charge on any atom is -0.497 e. The van der Waals surface area contributed by atoms with Crippen LogP contribution in [0.3, 0.4) is 0 Å². The van der Waals surface area contributed by atoms with Crippen molar-refractivity contribution in [1.82, 2.24) is 0 Å². The number of aryl methyl sites for hydroxylation is 1. The summed E-state index contributed by atoms with van der Waals surface area (Å²) < 4.78 is 5.10. The van der Waals surface area contributed by atoms with Gasteiger partial charge in [-0.2, -0.15) is 0 Å². The van der Waals surface area contributed by atoms with Gasteiger partial charge in [-0.15, -0.1) is 0 Å². The van der Waals surface area contributed by atoms with Gasteiger partial charge in [-0.3, -0.25) is 10.1 Å². The SMILES string of the molecule is COc1ccc(C=C2C(=O)ON=C2c2ccc(C)c([N+](=O)[O-])c2)cc1. The highest BCUT2D eigenvalue weighted by molar-refractivity contribution is 6.31. The number of benzene rings is 2. The Bertz CT molecular complexity index is 914. The summed E-state index contributed by atoms with van der Waals surface area (Å²) in [6.07, 6.45) is 1.62. The summed E-state index contributed by atoms with van der Waals surface area (Å²) in [6.45, 7) is 1.65. The van der Waals surface area contributed by atoms with Crippen molar-refractivity contribution in [3.63, 3.8) is 0 Å². The number of rotatable bonds is 4. The van der Waals surface area contributed by atoms with E-state index in [1.807, 2.05) is 0 Å². The van der Waals surface area contributed by atoms with E-state index in [0.717, 1.165) is 5.56 Å². The number of nitro groups is 1. The largest absolute Gasteiger partial charge is 0.497 e. The van der Waals surface area contributed by atoms with Crippen molar-refractivity contribution in [2.45, 2.75) is 6.92 Å². The van der Waals surface area contributed by atoms with Crippen molar-refractivity contribution in [3.05, 3.63) is 74.8 Å². The van der Waals surface area contributed by atoms with E-state index in [9.17, 15) is 14.9 Å². The minimum absolute atomic E-state index is 0.0386. The molecule has 0 aromatic heterocycles. The van der Waals surface area contributed by atoms with Gasteiger partial charge in [0, 0.05) is 17.2 Å². The van der Waals surface area contributed by atoms with Crippen LogP contribution in [0.15, 0.2) is 53.2 Å². The third-order valence-electron chi connectivity index (χ3n) is 3.80. The molecule has 0 amide bonds. The molecular formula is C18H14N2O5. The van der Waals surface area contributed by atoms with Crippen LogP contribution >= 0.6 is 0 Å². The average Bonchev–Trinajstić information content (AvgIpc) is 2.96. The summed E-state index contributed by atoms with van der Waals surface area (Å²) >= 11 is 0. The second-order valence-corrected chi connectivity index (χ2v) is 5.41. The number of methoxy groups -OCH3 is 1. The van der Waals surface area contributed by atoms with Crippen molar-refractivity contribution in [1.29, 1.82) is 0 Å². The summed E-state index contributed by atoms with van der Waals surface area (Å²) in [5.41, 5.74) is 2.20. The molecule has 0 radical (unpaired) electrons. The molecule has 1 heterocycles. The lowest BCUT2D eigenvalue weighted by molar-refractivity contribution is -0.385. The molecule has 0 saturated heterocycles. The highest BCUT2D eigenvalue weighted by atomic mass is 16.7. The van der Waals surface area contributed by atoms with E-state index < -0.39 is 10.9 Å². The third kappa shape index (κ3) is 3.25. The second-order valence-electron chi connectivity index (χ2n) is 5.41. The molecule has 1 aliphatic rings. The summed E-state index contributed by atoms with van der Waals surface area (Å²) in [5.74, 6) is 0.0910. The van der Waals surface area contributed by atoms with E-state index >= 15 is 0 Å². The molecule has 0 bridgehead atoms. The number of oxime groups is 1. The highest BCUT2D eigenvalue weighted by Crippen LogP contribution is 2.26. The summed E-state index contributed by atoms with van der Waals surface area (Å²) in [5, 5.41) is 14.9. The number of hydrogen-bond donors (Lipinski definition) is 0. The maximum atomic E-state index is 12.0. The zero-order chi connectivity index (χ0) is 18.0. The van der Waals surface area contributed by atoms with Crippen LogP contribution in [0.4, 0.5) is 5.69 Å². The van der Waals surface area contributed by atoms with Crippen LogP contribution in [0.2, 0.25) is 0 Å². The highest BCUT2D eigenvalue weighted by Gasteiger charge is 2.28. The molecule has 2 aromatic rings. The molecular weight excluding hydrogens is 324 g/mol. The molecule has 0 saturated carbocycles. The predicted molar refractivity (Wildman–Crippen MR) is 91.4 cm³/mol. The number of ether oxygens (including phenoxy) is 1. The van der Waals surface area contributed by atoms with E-state index in [0.29, 0.717) is 16.9 Å². The van der Waals surface area contributed by atoms with E-state index in [-0.39, 0.29) is 17.0 Å². The quantitative estimate of drug-likeness (QED) is 0.369. The van der Waals surface area contributed by atoms with Gasteiger partial charge in [0.15, 0.2) is 0 Å². The monoisotopic (exact) mass is 338 g/mol. The van der Waals surface area contributed by atoms with Gasteiger partial charge in [0.2, 0.25) is 0 Å². The average molecular weight is 338 g/mol. The molecule has 0 atom stereocenters. The normalized spacial score (nSPS) is 15.0. The van der Waals surface area contributed by atoms with Gasteiger partial charge >= 0.3 is 5.97 Å². The molecule has 0 aliphatic carbocycles. The van der Waals surface area contributed by atoms with Crippen molar-refractivity contribution in [2.24, 2.45) is 5.16 Å². The summed E-state index contributed by atoms with van der Waals surface area (Å²) in [6, 6.07) is 11.8. The van der Waals surface area contributed by atoms with E-state index in [1.165, 1.54) is 6.07 Å². The lowest BCUT2D eigenvalue weighted by Crippen LogP contribution is -2.07. The maximum Gasteiger partial charge on any atom is 0.368 e. The second kappa shape index (κ2) is 6.56. The van der Waals surface area contributed by atoms with Gasteiger partial charge in [-0.25, -0.2) is 4.79 Å². The standard InChI is InChI=1S/C18H14N2O5/c1-11-3-6-13(10-16(11)20(22)23)17-15(18(21)25-19-17)9-12-4-7-14(24-2)8-5-12/h3-10H,1-2H3. The molecule has 1 aliphatic heterocycles. The third-order valence-corrected chi connectivity index (χ3v) is 3.80. The Morgan fingerprint density at radius 1 is 1.20 bits per heavy atom. The van der Waals surface area contributed by atoms with Crippen LogP contribution in [0.25, 0.3) is 6.08 Å². The van der Waals surface area contributed by atoms with Crippen LogP contribution in [-0.4, -0.2) is 23.7 Å². The van der Waals surface area contributed by atoms with Crippen LogP contribution in [0.1, 0.15) is 16.7 Å². The first-order valence-corrected chi connectivity index (χ1v) is 7.40. The van der Waals surface area contributed by atoms with Gasteiger partial charge in [-0.05, 0) is 30.7 Å². The molecule has 0 unspecified atom stereocenters.